The van der Waals surface area contributed by atoms with Crippen LogP contribution in [0, 0.1) is 41.4 Å². The quantitative estimate of drug-likeness (QED) is 0.0341. The number of hydrogen-bond donors (Lipinski definition) is 0. The predicted octanol–water partition coefficient (Wildman–Crippen LogP) is 17.1. The minimum atomic E-state index is -3.58. The summed E-state index contributed by atoms with van der Waals surface area (Å²) in [5.41, 5.74) is 0. The highest BCUT2D eigenvalue weighted by molar-refractivity contribution is 7.53. The highest BCUT2D eigenvalue weighted by Crippen LogP contribution is 2.52. The lowest BCUT2D eigenvalue weighted by atomic mass is 9.66. The average Bonchev–Trinajstić information content (AvgIpc) is 3.29. The van der Waals surface area contributed by atoms with Crippen molar-refractivity contribution in [3.05, 3.63) is 0 Å². The molecule has 0 aromatic carbocycles. The van der Waals surface area contributed by atoms with Gasteiger partial charge in [0.25, 0.3) is 0 Å². The topological polar surface area (TPSA) is 89.5 Å². The summed E-state index contributed by atoms with van der Waals surface area (Å²) in [5, 5.41) is 0. The molecule has 0 aromatic rings. The van der Waals surface area contributed by atoms with Crippen molar-refractivity contribution >= 4 is 13.6 Å². The zero-order valence-corrected chi connectivity index (χ0v) is 45.7. The van der Waals surface area contributed by atoms with Gasteiger partial charge < -0.3 is 28.0 Å². The Morgan fingerprint density at radius 2 is 0.923 bits per heavy atom. The van der Waals surface area contributed by atoms with E-state index in [1.165, 1.54) is 148 Å². The normalized spacial score (nSPS) is 28.6. The van der Waals surface area contributed by atoms with Crippen LogP contribution in [0.25, 0.3) is 0 Å². The predicted molar refractivity (Wildman–Crippen MR) is 274 cm³/mol. The molecule has 0 bridgehead atoms. The van der Waals surface area contributed by atoms with E-state index in [0.29, 0.717) is 36.7 Å². The molecule has 1 aliphatic heterocycles. The van der Waals surface area contributed by atoms with Gasteiger partial charge in [-0.25, -0.2) is 0 Å². The summed E-state index contributed by atoms with van der Waals surface area (Å²) in [5.74, 6) is 1.94. The molecule has 65 heavy (non-hydrogen) atoms. The van der Waals surface area contributed by atoms with E-state index < -0.39 is 19.8 Å². The number of esters is 1. The SMILES string of the molecule is CCCCCCCCCCCCCCCCO[C@H](COC(=O)CCCCCCCCCCCCCCC)COP(C)(=O)O[C@@H]1C(O[C@H]2OC(CC)[C@@H](C)[C@H](C)C2C)C(C)[C@@H](C)[C@H](C)C1C. The summed E-state index contributed by atoms with van der Waals surface area (Å²) in [6.45, 7) is 24.8. The fourth-order valence-electron chi connectivity index (χ4n) is 10.5. The molecule has 386 valence electrons. The molecule has 6 unspecified atom stereocenters. The van der Waals surface area contributed by atoms with Crippen molar-refractivity contribution in [1.82, 2.24) is 0 Å². The zero-order chi connectivity index (χ0) is 47.9. The second kappa shape index (κ2) is 36.4. The minimum absolute atomic E-state index is 0.0306. The Balaban J connectivity index is 1.91. The molecule has 1 saturated carbocycles. The number of carbonyl (C=O) groups is 1. The molecule has 9 heteroatoms. The highest BCUT2D eigenvalue weighted by atomic mass is 31.2. The van der Waals surface area contributed by atoms with Gasteiger partial charge >= 0.3 is 13.6 Å². The molecule has 13 atom stereocenters. The first-order valence-electron chi connectivity index (χ1n) is 28.3. The molecular formula is C56H109O8P. The number of carbonyl (C=O) groups excluding carboxylic acids is 1. The van der Waals surface area contributed by atoms with Gasteiger partial charge in [0.05, 0.1) is 24.9 Å². The molecule has 0 aromatic heterocycles. The van der Waals surface area contributed by atoms with Gasteiger partial charge in [0.1, 0.15) is 12.7 Å². The van der Waals surface area contributed by atoms with Crippen LogP contribution in [0.2, 0.25) is 0 Å². The fourth-order valence-corrected chi connectivity index (χ4v) is 11.7. The van der Waals surface area contributed by atoms with Gasteiger partial charge in [-0.1, -0.05) is 230 Å². The van der Waals surface area contributed by atoms with Crippen molar-refractivity contribution in [3.8, 4) is 0 Å². The van der Waals surface area contributed by atoms with E-state index in [1.807, 2.05) is 0 Å². The van der Waals surface area contributed by atoms with Crippen molar-refractivity contribution in [2.75, 3.05) is 26.5 Å². The van der Waals surface area contributed by atoms with Gasteiger partial charge in [-0.3, -0.25) is 9.36 Å². The molecule has 2 fully saturated rings. The van der Waals surface area contributed by atoms with Crippen LogP contribution in [0.5, 0.6) is 0 Å². The first-order chi connectivity index (χ1) is 31.3. The highest BCUT2D eigenvalue weighted by Gasteiger charge is 2.50. The maximum atomic E-state index is 14.3. The van der Waals surface area contributed by atoms with Crippen LogP contribution < -0.4 is 0 Å². The van der Waals surface area contributed by atoms with Crippen molar-refractivity contribution in [1.29, 1.82) is 0 Å². The van der Waals surface area contributed by atoms with Crippen LogP contribution in [0.3, 0.4) is 0 Å². The van der Waals surface area contributed by atoms with Crippen molar-refractivity contribution in [2.24, 2.45) is 41.4 Å². The second-order valence-electron chi connectivity index (χ2n) is 21.5. The van der Waals surface area contributed by atoms with Crippen molar-refractivity contribution in [3.63, 3.8) is 0 Å². The number of rotatable bonds is 40. The van der Waals surface area contributed by atoms with Gasteiger partial charge in [0, 0.05) is 25.6 Å². The molecule has 0 N–H and O–H groups in total. The van der Waals surface area contributed by atoms with Gasteiger partial charge in [-0.2, -0.15) is 0 Å². The lowest BCUT2D eigenvalue weighted by molar-refractivity contribution is -0.290. The first kappa shape index (κ1) is 60.6. The van der Waals surface area contributed by atoms with E-state index in [0.717, 1.165) is 32.1 Å². The van der Waals surface area contributed by atoms with Gasteiger partial charge in [0.2, 0.25) is 0 Å². The largest absolute Gasteiger partial charge is 0.463 e. The molecule has 8 nitrogen and oxygen atoms in total. The number of hydrogen-bond acceptors (Lipinski definition) is 8. The number of unbranched alkanes of at least 4 members (excludes halogenated alkanes) is 25. The Morgan fingerprint density at radius 1 is 0.508 bits per heavy atom. The van der Waals surface area contributed by atoms with Crippen LogP contribution in [0.1, 0.15) is 255 Å². The van der Waals surface area contributed by atoms with Crippen LogP contribution in [0.4, 0.5) is 0 Å². The Bertz CT molecular complexity index is 1200. The van der Waals surface area contributed by atoms with E-state index in [2.05, 4.69) is 69.2 Å². The standard InChI is InChI=1S/C56H109O8P/c1-12-15-17-19-21-23-25-27-29-31-33-35-37-39-41-59-51(42-60-53(57)40-38-36-34-32-30-28-26-24-22-20-18-16-13-2)43-61-65(11,58)64-55-49(9)45(5)44(4)48(8)54(55)63-56-50(10)46(6)47(7)52(14-3)62-56/h44-52,54-56H,12-43H2,1-11H3/t44-,45-,46-,47-,48?,49?,50?,51+,52?,54?,55-,56+,65?/m0/s1. The molecule has 1 aliphatic carbocycles. The first-order valence-corrected chi connectivity index (χ1v) is 30.2. The Hall–Kier alpha value is -0.500. The Kier molecular flexibility index (Phi) is 34.0. The summed E-state index contributed by atoms with van der Waals surface area (Å²) >= 11 is 0. The summed E-state index contributed by atoms with van der Waals surface area (Å²) in [7, 11) is -3.58. The van der Waals surface area contributed by atoms with E-state index in [4.69, 9.17) is 28.0 Å². The molecule has 0 spiro atoms. The van der Waals surface area contributed by atoms with Gasteiger partial charge in [-0.05, 0) is 54.8 Å². The summed E-state index contributed by atoms with van der Waals surface area (Å²) in [6, 6.07) is 0. The molecule has 0 amide bonds. The molecule has 2 rings (SSSR count). The smallest absolute Gasteiger partial charge is 0.328 e. The third-order valence-electron chi connectivity index (χ3n) is 16.1. The number of ether oxygens (including phenoxy) is 4. The third kappa shape index (κ3) is 25.3. The van der Waals surface area contributed by atoms with Crippen molar-refractivity contribution in [2.45, 2.75) is 286 Å². The van der Waals surface area contributed by atoms with Gasteiger partial charge in [0.15, 0.2) is 6.29 Å². The molecule has 1 saturated heterocycles. The Labute approximate surface area is 403 Å². The van der Waals surface area contributed by atoms with Gasteiger partial charge in [-0.15, -0.1) is 0 Å². The zero-order valence-electron chi connectivity index (χ0n) is 44.8. The monoisotopic (exact) mass is 941 g/mol. The van der Waals surface area contributed by atoms with E-state index in [9.17, 15) is 9.36 Å². The summed E-state index contributed by atoms with van der Waals surface area (Å²) in [4.78, 5) is 12.9. The average molecular weight is 941 g/mol. The maximum Gasteiger partial charge on any atom is 0.328 e. The second-order valence-corrected chi connectivity index (χ2v) is 23.5. The van der Waals surface area contributed by atoms with E-state index >= 15 is 0 Å². The van der Waals surface area contributed by atoms with Crippen LogP contribution >= 0.6 is 7.60 Å². The van der Waals surface area contributed by atoms with Crippen LogP contribution in [-0.4, -0.2) is 63.2 Å². The van der Waals surface area contributed by atoms with E-state index in [1.54, 1.807) is 6.66 Å². The lowest BCUT2D eigenvalue weighted by Gasteiger charge is -2.51. The summed E-state index contributed by atoms with van der Waals surface area (Å²) in [6.07, 6.45) is 34.6. The third-order valence-corrected chi connectivity index (χ3v) is 17.3. The minimum Gasteiger partial charge on any atom is -0.463 e. The maximum absolute atomic E-state index is 14.3. The molecule has 1 heterocycles. The van der Waals surface area contributed by atoms with Crippen molar-refractivity contribution < 1.29 is 37.4 Å². The molecular weight excluding hydrogens is 832 g/mol. The van der Waals surface area contributed by atoms with Crippen LogP contribution in [-0.2, 0) is 37.4 Å². The fraction of sp³-hybridized carbons (Fsp3) is 0.982. The lowest BCUT2D eigenvalue weighted by Crippen LogP contribution is -2.55. The summed E-state index contributed by atoms with van der Waals surface area (Å²) < 4.78 is 52.8. The molecule has 0 radical (unpaired) electrons. The van der Waals surface area contributed by atoms with E-state index in [-0.39, 0.29) is 55.4 Å². The molecule has 2 aliphatic rings. The van der Waals surface area contributed by atoms with Crippen LogP contribution in [0.15, 0.2) is 0 Å². The Morgan fingerprint density at radius 3 is 1.38 bits per heavy atom.